The van der Waals surface area contributed by atoms with Gasteiger partial charge in [-0.1, -0.05) is 13.0 Å². The van der Waals surface area contributed by atoms with Gasteiger partial charge in [-0.2, -0.15) is 0 Å². The van der Waals surface area contributed by atoms with E-state index in [1.165, 1.54) is 36.2 Å². The molecule has 1 aromatic heterocycles. The van der Waals surface area contributed by atoms with Gasteiger partial charge >= 0.3 is 0 Å². The van der Waals surface area contributed by atoms with Crippen molar-refractivity contribution in [2.24, 2.45) is 0 Å². The van der Waals surface area contributed by atoms with Crippen LogP contribution in [-0.2, 0) is 13.0 Å². The number of pyridine rings is 1. The van der Waals surface area contributed by atoms with Crippen molar-refractivity contribution >= 4 is 0 Å². The van der Waals surface area contributed by atoms with Gasteiger partial charge in [-0.3, -0.25) is 4.98 Å². The molecule has 0 aliphatic heterocycles. The largest absolute Gasteiger partial charge is 0.306 e. The van der Waals surface area contributed by atoms with Gasteiger partial charge in [-0.15, -0.1) is 0 Å². The van der Waals surface area contributed by atoms with E-state index in [2.05, 4.69) is 43.2 Å². The standard InChI is InChI=1S/C14H22N2/c1-4-13-11(2)6-7-12(16-13)10-15-14(3)8-5-9-14/h6-7,15H,4-5,8-10H2,1-3H3. The van der Waals surface area contributed by atoms with Crippen molar-refractivity contribution in [2.45, 2.75) is 58.5 Å². The summed E-state index contributed by atoms with van der Waals surface area (Å²) in [5.74, 6) is 0. The van der Waals surface area contributed by atoms with E-state index in [9.17, 15) is 0 Å². The fourth-order valence-corrected chi connectivity index (χ4v) is 2.26. The van der Waals surface area contributed by atoms with Crippen LogP contribution in [0.25, 0.3) is 0 Å². The molecule has 2 rings (SSSR count). The molecule has 1 fully saturated rings. The average molecular weight is 218 g/mol. The molecule has 1 heterocycles. The minimum Gasteiger partial charge on any atom is -0.306 e. The lowest BCUT2D eigenvalue weighted by Crippen LogP contribution is -2.47. The van der Waals surface area contributed by atoms with Gasteiger partial charge in [0.25, 0.3) is 0 Å². The Bertz CT molecular complexity index is 367. The number of hydrogen-bond donors (Lipinski definition) is 1. The minimum atomic E-state index is 0.374. The maximum absolute atomic E-state index is 4.69. The third-order valence-corrected chi connectivity index (χ3v) is 3.75. The van der Waals surface area contributed by atoms with Gasteiger partial charge in [0.2, 0.25) is 0 Å². The molecule has 2 heteroatoms. The predicted octanol–water partition coefficient (Wildman–Crippen LogP) is 2.98. The molecule has 1 saturated carbocycles. The first-order valence-corrected chi connectivity index (χ1v) is 6.33. The van der Waals surface area contributed by atoms with E-state index in [1.807, 2.05) is 0 Å². The number of aryl methyl sites for hydroxylation is 2. The second kappa shape index (κ2) is 4.54. The van der Waals surface area contributed by atoms with Gasteiger partial charge in [0, 0.05) is 17.8 Å². The highest BCUT2D eigenvalue weighted by atomic mass is 15.0. The van der Waals surface area contributed by atoms with Crippen molar-refractivity contribution in [1.82, 2.24) is 10.3 Å². The van der Waals surface area contributed by atoms with Crippen molar-refractivity contribution in [2.75, 3.05) is 0 Å². The fourth-order valence-electron chi connectivity index (χ4n) is 2.26. The van der Waals surface area contributed by atoms with Crippen molar-refractivity contribution in [3.8, 4) is 0 Å². The van der Waals surface area contributed by atoms with Crippen LogP contribution >= 0.6 is 0 Å². The zero-order chi connectivity index (χ0) is 11.6. The molecule has 0 aromatic carbocycles. The summed E-state index contributed by atoms with van der Waals surface area (Å²) in [5.41, 5.74) is 4.09. The SMILES string of the molecule is CCc1nc(CNC2(C)CCC2)ccc1C. The van der Waals surface area contributed by atoms with Crippen LogP contribution in [0.5, 0.6) is 0 Å². The zero-order valence-corrected chi connectivity index (χ0v) is 10.6. The molecule has 16 heavy (non-hydrogen) atoms. The van der Waals surface area contributed by atoms with E-state index in [4.69, 9.17) is 0 Å². The summed E-state index contributed by atoms with van der Waals surface area (Å²) < 4.78 is 0. The number of rotatable bonds is 4. The molecular weight excluding hydrogens is 196 g/mol. The summed E-state index contributed by atoms with van der Waals surface area (Å²) in [6, 6.07) is 4.33. The summed E-state index contributed by atoms with van der Waals surface area (Å²) in [7, 11) is 0. The first kappa shape index (κ1) is 11.6. The van der Waals surface area contributed by atoms with Crippen LogP contribution in [0.4, 0.5) is 0 Å². The molecule has 1 aliphatic rings. The van der Waals surface area contributed by atoms with Gasteiger partial charge in [-0.05, 0) is 51.2 Å². The van der Waals surface area contributed by atoms with Crippen LogP contribution in [0, 0.1) is 6.92 Å². The van der Waals surface area contributed by atoms with Crippen LogP contribution in [0.2, 0.25) is 0 Å². The minimum absolute atomic E-state index is 0.374. The molecule has 1 N–H and O–H groups in total. The first-order valence-electron chi connectivity index (χ1n) is 6.33. The highest BCUT2D eigenvalue weighted by molar-refractivity contribution is 5.21. The zero-order valence-electron chi connectivity index (χ0n) is 10.6. The Morgan fingerprint density at radius 3 is 2.69 bits per heavy atom. The Morgan fingerprint density at radius 1 is 1.38 bits per heavy atom. The van der Waals surface area contributed by atoms with Crippen molar-refractivity contribution in [3.63, 3.8) is 0 Å². The number of nitrogens with one attached hydrogen (secondary N) is 1. The molecule has 0 bridgehead atoms. The molecular formula is C14H22N2. The second-order valence-electron chi connectivity index (χ2n) is 5.19. The molecule has 1 aliphatic carbocycles. The van der Waals surface area contributed by atoms with E-state index < -0.39 is 0 Å². The molecule has 2 nitrogen and oxygen atoms in total. The predicted molar refractivity (Wildman–Crippen MR) is 67.4 cm³/mol. The first-order chi connectivity index (χ1) is 7.63. The summed E-state index contributed by atoms with van der Waals surface area (Å²) in [6.45, 7) is 7.52. The molecule has 0 amide bonds. The topological polar surface area (TPSA) is 24.9 Å². The lowest BCUT2D eigenvalue weighted by Gasteiger charge is -2.39. The van der Waals surface area contributed by atoms with Crippen LogP contribution < -0.4 is 5.32 Å². The van der Waals surface area contributed by atoms with Gasteiger partial charge in [0.05, 0.1) is 5.69 Å². The molecule has 1 aromatic rings. The van der Waals surface area contributed by atoms with Crippen molar-refractivity contribution in [1.29, 1.82) is 0 Å². The summed E-state index contributed by atoms with van der Waals surface area (Å²) >= 11 is 0. The Balaban J connectivity index is 1.98. The quantitative estimate of drug-likeness (QED) is 0.840. The van der Waals surface area contributed by atoms with Gasteiger partial charge in [0.15, 0.2) is 0 Å². The maximum atomic E-state index is 4.69. The van der Waals surface area contributed by atoms with E-state index >= 15 is 0 Å². The number of nitrogens with zero attached hydrogens (tertiary/aromatic N) is 1. The molecule has 0 unspecified atom stereocenters. The highest BCUT2D eigenvalue weighted by Gasteiger charge is 2.30. The second-order valence-corrected chi connectivity index (χ2v) is 5.19. The van der Waals surface area contributed by atoms with Gasteiger partial charge in [0.1, 0.15) is 0 Å². The third kappa shape index (κ3) is 2.43. The molecule has 0 radical (unpaired) electrons. The maximum Gasteiger partial charge on any atom is 0.0545 e. The normalized spacial score (nSPS) is 18.2. The van der Waals surface area contributed by atoms with Crippen LogP contribution in [0.3, 0.4) is 0 Å². The molecule has 88 valence electrons. The lowest BCUT2D eigenvalue weighted by atomic mass is 9.78. The fraction of sp³-hybridized carbons (Fsp3) is 0.643. The smallest absolute Gasteiger partial charge is 0.0545 e. The van der Waals surface area contributed by atoms with E-state index in [1.54, 1.807) is 0 Å². The Hall–Kier alpha value is -0.890. The number of aromatic nitrogens is 1. The Kier molecular flexibility index (Phi) is 3.29. The number of hydrogen-bond acceptors (Lipinski definition) is 2. The third-order valence-electron chi connectivity index (χ3n) is 3.75. The van der Waals surface area contributed by atoms with Crippen LogP contribution in [-0.4, -0.2) is 10.5 Å². The Morgan fingerprint density at radius 2 is 2.12 bits per heavy atom. The van der Waals surface area contributed by atoms with E-state index in [0.29, 0.717) is 5.54 Å². The lowest BCUT2D eigenvalue weighted by molar-refractivity contribution is 0.206. The van der Waals surface area contributed by atoms with E-state index in [0.717, 1.165) is 13.0 Å². The van der Waals surface area contributed by atoms with Crippen LogP contribution in [0.15, 0.2) is 12.1 Å². The van der Waals surface area contributed by atoms with Crippen LogP contribution in [0.1, 0.15) is 50.1 Å². The Labute approximate surface area is 98.5 Å². The summed E-state index contributed by atoms with van der Waals surface area (Å²) in [4.78, 5) is 4.69. The van der Waals surface area contributed by atoms with E-state index in [-0.39, 0.29) is 0 Å². The monoisotopic (exact) mass is 218 g/mol. The molecule has 0 spiro atoms. The van der Waals surface area contributed by atoms with Gasteiger partial charge in [-0.25, -0.2) is 0 Å². The van der Waals surface area contributed by atoms with Crippen molar-refractivity contribution < 1.29 is 0 Å². The summed E-state index contributed by atoms with van der Waals surface area (Å²) in [5, 5.41) is 3.62. The van der Waals surface area contributed by atoms with Gasteiger partial charge < -0.3 is 5.32 Å². The molecule has 0 saturated heterocycles. The summed E-state index contributed by atoms with van der Waals surface area (Å²) in [6.07, 6.45) is 5.00. The average Bonchev–Trinajstić information content (AvgIpc) is 2.25. The van der Waals surface area contributed by atoms with Crippen molar-refractivity contribution in [3.05, 3.63) is 29.1 Å². The molecule has 0 atom stereocenters. The highest BCUT2D eigenvalue weighted by Crippen LogP contribution is 2.31.